The monoisotopic (exact) mass is 318 g/mol. The van der Waals surface area contributed by atoms with Gasteiger partial charge in [0.25, 0.3) is 0 Å². The zero-order chi connectivity index (χ0) is 15.3. The normalized spacial score (nSPS) is 13.1. The summed E-state index contributed by atoms with van der Waals surface area (Å²) in [4.78, 5) is 10.8. The number of nitrogen functional groups attached to an aromatic ring is 1. The number of aromatic carboxylic acids is 1. The van der Waals surface area contributed by atoms with Gasteiger partial charge in [-0.05, 0) is 43.6 Å². The summed E-state index contributed by atoms with van der Waals surface area (Å²) in [5, 5.41) is 9.06. The summed E-state index contributed by atoms with van der Waals surface area (Å²) >= 11 is 1.61. The van der Waals surface area contributed by atoms with Gasteiger partial charge in [0.05, 0.1) is 10.5 Å². The molecule has 112 valence electrons. The van der Waals surface area contributed by atoms with E-state index in [4.69, 9.17) is 10.8 Å². The van der Waals surface area contributed by atoms with Crippen molar-refractivity contribution in [1.82, 2.24) is 4.72 Å². The maximum absolute atomic E-state index is 12.2. The first kappa shape index (κ1) is 16.8. The lowest BCUT2D eigenvalue weighted by Crippen LogP contribution is -2.34. The van der Waals surface area contributed by atoms with Crippen LogP contribution in [0.25, 0.3) is 0 Å². The van der Waals surface area contributed by atoms with E-state index < -0.39 is 16.0 Å². The second-order valence-corrected chi connectivity index (χ2v) is 7.03. The van der Waals surface area contributed by atoms with Crippen LogP contribution in [0.3, 0.4) is 0 Å². The summed E-state index contributed by atoms with van der Waals surface area (Å²) in [6, 6.07) is 3.43. The molecule has 0 fully saturated rings. The van der Waals surface area contributed by atoms with Crippen LogP contribution in [0.15, 0.2) is 23.1 Å². The Morgan fingerprint density at radius 2 is 2.15 bits per heavy atom. The van der Waals surface area contributed by atoms with E-state index >= 15 is 0 Å². The van der Waals surface area contributed by atoms with Gasteiger partial charge in [-0.25, -0.2) is 17.9 Å². The molecule has 0 saturated carbocycles. The summed E-state index contributed by atoms with van der Waals surface area (Å²) < 4.78 is 27.0. The van der Waals surface area contributed by atoms with Crippen LogP contribution in [0.1, 0.15) is 23.7 Å². The fourth-order valence-corrected chi connectivity index (χ4v) is 3.72. The summed E-state index contributed by atoms with van der Waals surface area (Å²) in [7, 11) is -3.91. The van der Waals surface area contributed by atoms with Crippen molar-refractivity contribution >= 4 is 33.4 Å². The zero-order valence-corrected chi connectivity index (χ0v) is 12.9. The van der Waals surface area contributed by atoms with Crippen molar-refractivity contribution in [2.24, 2.45) is 0 Å². The second kappa shape index (κ2) is 6.96. The van der Waals surface area contributed by atoms with Crippen molar-refractivity contribution < 1.29 is 18.3 Å². The molecule has 1 rings (SSSR count). The number of thioether (sulfide) groups is 1. The lowest BCUT2D eigenvalue weighted by atomic mass is 10.2. The highest BCUT2D eigenvalue weighted by Crippen LogP contribution is 2.20. The van der Waals surface area contributed by atoms with Gasteiger partial charge in [0.1, 0.15) is 0 Å². The Morgan fingerprint density at radius 3 is 2.70 bits per heavy atom. The minimum atomic E-state index is -3.91. The SMILES string of the molecule is CSCCC(C)NS(=O)(=O)c1cc(N)ccc1C(=O)O. The van der Waals surface area contributed by atoms with Crippen LogP contribution in [-0.4, -0.2) is 37.5 Å². The molecule has 20 heavy (non-hydrogen) atoms. The van der Waals surface area contributed by atoms with Crippen LogP contribution < -0.4 is 10.5 Å². The molecule has 0 spiro atoms. The maximum Gasteiger partial charge on any atom is 0.337 e. The highest BCUT2D eigenvalue weighted by atomic mass is 32.2. The third-order valence-electron chi connectivity index (χ3n) is 2.64. The number of anilines is 1. The van der Waals surface area contributed by atoms with E-state index in [9.17, 15) is 13.2 Å². The molecule has 6 nitrogen and oxygen atoms in total. The number of hydrogen-bond acceptors (Lipinski definition) is 5. The first-order valence-electron chi connectivity index (χ1n) is 5.92. The van der Waals surface area contributed by atoms with Crippen molar-refractivity contribution in [1.29, 1.82) is 0 Å². The second-order valence-electron chi connectivity index (χ2n) is 4.36. The van der Waals surface area contributed by atoms with E-state index in [2.05, 4.69) is 4.72 Å². The van der Waals surface area contributed by atoms with Gasteiger partial charge >= 0.3 is 5.97 Å². The Labute approximate surface area is 122 Å². The fraction of sp³-hybridized carbons (Fsp3) is 0.417. The van der Waals surface area contributed by atoms with Gasteiger partial charge in [-0.2, -0.15) is 11.8 Å². The summed E-state index contributed by atoms with van der Waals surface area (Å²) in [5.74, 6) is -0.492. The average molecular weight is 318 g/mol. The Balaban J connectivity index is 3.09. The van der Waals surface area contributed by atoms with Crippen LogP contribution >= 0.6 is 11.8 Å². The quantitative estimate of drug-likeness (QED) is 0.655. The minimum Gasteiger partial charge on any atom is -0.478 e. The van der Waals surface area contributed by atoms with Crippen LogP contribution in [0.2, 0.25) is 0 Å². The van der Waals surface area contributed by atoms with E-state index in [-0.39, 0.29) is 22.2 Å². The Hall–Kier alpha value is -1.25. The summed E-state index contributed by atoms with van der Waals surface area (Å²) in [6.07, 6.45) is 2.59. The molecule has 1 aromatic carbocycles. The van der Waals surface area contributed by atoms with E-state index in [0.29, 0.717) is 6.42 Å². The number of sulfonamides is 1. The maximum atomic E-state index is 12.2. The molecule has 1 aromatic rings. The average Bonchev–Trinajstić information content (AvgIpc) is 2.35. The molecular weight excluding hydrogens is 300 g/mol. The first-order chi connectivity index (χ1) is 9.27. The molecule has 0 radical (unpaired) electrons. The summed E-state index contributed by atoms with van der Waals surface area (Å²) in [5.41, 5.74) is 5.46. The van der Waals surface area contributed by atoms with Gasteiger partial charge in [-0.15, -0.1) is 0 Å². The van der Waals surface area contributed by atoms with Crippen molar-refractivity contribution in [3.63, 3.8) is 0 Å². The minimum absolute atomic E-state index is 0.201. The topological polar surface area (TPSA) is 109 Å². The van der Waals surface area contributed by atoms with E-state index in [1.807, 2.05) is 6.26 Å². The van der Waals surface area contributed by atoms with Crippen LogP contribution in [0, 0.1) is 0 Å². The molecule has 0 heterocycles. The number of carboxylic acids is 1. The molecule has 0 aromatic heterocycles. The highest BCUT2D eigenvalue weighted by Gasteiger charge is 2.24. The van der Waals surface area contributed by atoms with Crippen LogP contribution in [0.5, 0.6) is 0 Å². The highest BCUT2D eigenvalue weighted by molar-refractivity contribution is 7.98. The Morgan fingerprint density at radius 1 is 1.50 bits per heavy atom. The van der Waals surface area contributed by atoms with Gasteiger partial charge in [0, 0.05) is 11.7 Å². The van der Waals surface area contributed by atoms with Crippen molar-refractivity contribution in [2.75, 3.05) is 17.7 Å². The van der Waals surface area contributed by atoms with Gasteiger partial charge in [0.15, 0.2) is 0 Å². The number of nitrogens with two attached hydrogens (primary N) is 1. The van der Waals surface area contributed by atoms with Crippen LogP contribution in [-0.2, 0) is 10.0 Å². The van der Waals surface area contributed by atoms with Crippen LogP contribution in [0.4, 0.5) is 5.69 Å². The van der Waals surface area contributed by atoms with E-state index in [1.165, 1.54) is 12.1 Å². The lowest BCUT2D eigenvalue weighted by molar-refractivity contribution is 0.0692. The van der Waals surface area contributed by atoms with Crippen molar-refractivity contribution in [3.8, 4) is 0 Å². The van der Waals surface area contributed by atoms with Gasteiger partial charge in [-0.3, -0.25) is 0 Å². The zero-order valence-electron chi connectivity index (χ0n) is 11.3. The Kier molecular flexibility index (Phi) is 5.85. The number of carboxylic acid groups (broad SMARTS) is 1. The molecule has 0 aliphatic rings. The molecular formula is C12H18N2O4S2. The third-order valence-corrected chi connectivity index (χ3v) is 4.91. The first-order valence-corrected chi connectivity index (χ1v) is 8.79. The largest absolute Gasteiger partial charge is 0.478 e. The molecule has 0 bridgehead atoms. The summed E-state index contributed by atoms with van der Waals surface area (Å²) in [6.45, 7) is 1.74. The standard InChI is InChI=1S/C12H18N2O4S2/c1-8(5-6-19-2)14-20(17,18)11-7-9(13)3-4-10(11)12(15)16/h3-4,7-8,14H,5-6,13H2,1-2H3,(H,15,16). The van der Waals surface area contributed by atoms with Crippen molar-refractivity contribution in [2.45, 2.75) is 24.3 Å². The number of benzene rings is 1. The molecule has 0 aliphatic carbocycles. The molecule has 4 N–H and O–H groups in total. The number of rotatable bonds is 7. The molecule has 0 aliphatic heterocycles. The van der Waals surface area contributed by atoms with E-state index in [0.717, 1.165) is 11.8 Å². The van der Waals surface area contributed by atoms with Gasteiger partial charge < -0.3 is 10.8 Å². The Bertz CT molecular complexity index is 587. The molecule has 0 saturated heterocycles. The predicted octanol–water partition coefficient (Wildman–Crippen LogP) is 1.39. The fourth-order valence-electron chi connectivity index (χ4n) is 1.62. The molecule has 8 heteroatoms. The molecule has 0 amide bonds. The van der Waals surface area contributed by atoms with Crippen molar-refractivity contribution in [3.05, 3.63) is 23.8 Å². The van der Waals surface area contributed by atoms with Gasteiger partial charge in [0.2, 0.25) is 10.0 Å². The molecule has 1 unspecified atom stereocenters. The smallest absolute Gasteiger partial charge is 0.337 e. The lowest BCUT2D eigenvalue weighted by Gasteiger charge is -2.15. The van der Waals surface area contributed by atoms with E-state index in [1.54, 1.807) is 18.7 Å². The molecule has 1 atom stereocenters. The number of hydrogen-bond donors (Lipinski definition) is 3. The number of carbonyl (C=O) groups is 1. The third kappa shape index (κ3) is 4.39. The number of nitrogens with one attached hydrogen (secondary N) is 1. The predicted molar refractivity (Wildman–Crippen MR) is 80.6 cm³/mol. The van der Waals surface area contributed by atoms with Gasteiger partial charge in [-0.1, -0.05) is 0 Å².